The van der Waals surface area contributed by atoms with Crippen LogP contribution in [0.1, 0.15) is 42.7 Å². The van der Waals surface area contributed by atoms with Gasteiger partial charge in [0.1, 0.15) is 10.7 Å². The Balaban J connectivity index is 2.21. The molecule has 0 atom stereocenters. The quantitative estimate of drug-likeness (QED) is 0.858. The first kappa shape index (κ1) is 16.6. The molecule has 5 heteroatoms. The molecule has 0 aliphatic heterocycles. The summed E-state index contributed by atoms with van der Waals surface area (Å²) >= 11 is 1.49. The molecule has 0 bridgehead atoms. The van der Waals surface area contributed by atoms with E-state index in [1.807, 2.05) is 50.4 Å². The van der Waals surface area contributed by atoms with Crippen LogP contribution in [-0.4, -0.2) is 23.0 Å². The molecular formula is C17H23N3OS. The number of thiazole rings is 1. The Morgan fingerprint density at radius 3 is 2.59 bits per heavy atom. The average molecular weight is 317 g/mol. The summed E-state index contributed by atoms with van der Waals surface area (Å²) < 4.78 is 0. The number of rotatable bonds is 6. The molecule has 0 radical (unpaired) electrons. The molecule has 22 heavy (non-hydrogen) atoms. The second-order valence-corrected chi connectivity index (χ2v) is 6.36. The highest BCUT2D eigenvalue weighted by Crippen LogP contribution is 2.26. The summed E-state index contributed by atoms with van der Waals surface area (Å²) in [6.07, 6.45) is 1.61. The van der Waals surface area contributed by atoms with Gasteiger partial charge in [0.2, 0.25) is 0 Å². The Labute approximate surface area is 135 Å². The lowest BCUT2D eigenvalue weighted by Crippen LogP contribution is -2.52. The molecule has 1 heterocycles. The van der Waals surface area contributed by atoms with E-state index in [1.165, 1.54) is 11.3 Å². The number of aryl methyl sites for hydroxylation is 1. The van der Waals surface area contributed by atoms with Crippen LogP contribution in [0.15, 0.2) is 29.6 Å². The van der Waals surface area contributed by atoms with Gasteiger partial charge in [0.05, 0.1) is 5.54 Å². The zero-order chi connectivity index (χ0) is 16.2. The first-order valence-corrected chi connectivity index (χ1v) is 8.47. The summed E-state index contributed by atoms with van der Waals surface area (Å²) in [4.78, 5) is 16.9. The van der Waals surface area contributed by atoms with Crippen molar-refractivity contribution in [3.63, 3.8) is 0 Å². The number of carbonyl (C=O) groups is 1. The van der Waals surface area contributed by atoms with Crippen LogP contribution in [0.2, 0.25) is 0 Å². The Kier molecular flexibility index (Phi) is 5.32. The van der Waals surface area contributed by atoms with Crippen LogP contribution < -0.4 is 11.1 Å². The Hall–Kier alpha value is -1.72. The standard InChI is InChI=1S/C17H23N3OS/c1-4-17(5-2,11-18)20-15(21)14-10-22-16(19-14)13-9-7-6-8-12(13)3/h6-10H,4-5,11,18H2,1-3H3,(H,20,21). The molecule has 0 aliphatic carbocycles. The summed E-state index contributed by atoms with van der Waals surface area (Å²) in [6.45, 7) is 6.55. The zero-order valence-electron chi connectivity index (χ0n) is 13.3. The maximum absolute atomic E-state index is 12.4. The predicted molar refractivity (Wildman–Crippen MR) is 92.1 cm³/mol. The van der Waals surface area contributed by atoms with Gasteiger partial charge >= 0.3 is 0 Å². The first-order chi connectivity index (χ1) is 10.5. The van der Waals surface area contributed by atoms with Crippen LogP contribution in [0.3, 0.4) is 0 Å². The van der Waals surface area contributed by atoms with Gasteiger partial charge in [0.15, 0.2) is 0 Å². The van der Waals surface area contributed by atoms with Gasteiger partial charge in [-0.3, -0.25) is 4.79 Å². The Morgan fingerprint density at radius 1 is 1.32 bits per heavy atom. The summed E-state index contributed by atoms with van der Waals surface area (Å²) in [5.41, 5.74) is 8.18. The molecule has 0 unspecified atom stereocenters. The molecule has 2 rings (SSSR count). The lowest BCUT2D eigenvalue weighted by molar-refractivity contribution is 0.0891. The van der Waals surface area contributed by atoms with Gasteiger partial charge in [-0.1, -0.05) is 38.1 Å². The second kappa shape index (κ2) is 7.03. The number of benzene rings is 1. The normalized spacial score (nSPS) is 11.5. The smallest absolute Gasteiger partial charge is 0.271 e. The summed E-state index contributed by atoms with van der Waals surface area (Å²) in [5.74, 6) is -0.148. The first-order valence-electron chi connectivity index (χ1n) is 7.59. The van der Waals surface area contributed by atoms with E-state index in [-0.39, 0.29) is 11.4 Å². The monoisotopic (exact) mass is 317 g/mol. The van der Waals surface area contributed by atoms with Crippen molar-refractivity contribution in [3.8, 4) is 10.6 Å². The van der Waals surface area contributed by atoms with Crippen LogP contribution in [0.25, 0.3) is 10.6 Å². The van der Waals surface area contributed by atoms with Gasteiger partial charge in [-0.05, 0) is 25.3 Å². The molecule has 0 saturated carbocycles. The Bertz CT molecular complexity index is 639. The maximum Gasteiger partial charge on any atom is 0.271 e. The molecule has 3 N–H and O–H groups in total. The average Bonchev–Trinajstić information content (AvgIpc) is 3.03. The van der Waals surface area contributed by atoms with E-state index < -0.39 is 0 Å². The summed E-state index contributed by atoms with van der Waals surface area (Å²) in [7, 11) is 0. The highest BCUT2D eigenvalue weighted by Gasteiger charge is 2.27. The topological polar surface area (TPSA) is 68.0 Å². The van der Waals surface area contributed by atoms with E-state index >= 15 is 0 Å². The van der Waals surface area contributed by atoms with E-state index in [2.05, 4.69) is 10.3 Å². The molecule has 0 spiro atoms. The number of carbonyl (C=O) groups excluding carboxylic acids is 1. The van der Waals surface area contributed by atoms with Crippen LogP contribution >= 0.6 is 11.3 Å². The minimum absolute atomic E-state index is 0.148. The molecular weight excluding hydrogens is 294 g/mol. The lowest BCUT2D eigenvalue weighted by Gasteiger charge is -2.31. The molecule has 4 nitrogen and oxygen atoms in total. The van der Waals surface area contributed by atoms with Crippen molar-refractivity contribution >= 4 is 17.2 Å². The van der Waals surface area contributed by atoms with Gasteiger partial charge in [0.25, 0.3) is 5.91 Å². The number of nitrogens with one attached hydrogen (secondary N) is 1. The van der Waals surface area contributed by atoms with Crippen LogP contribution in [0.5, 0.6) is 0 Å². The molecule has 1 aromatic heterocycles. The molecule has 2 aromatic rings. The van der Waals surface area contributed by atoms with Crippen LogP contribution in [-0.2, 0) is 0 Å². The highest BCUT2D eigenvalue weighted by atomic mass is 32.1. The fraction of sp³-hybridized carbons (Fsp3) is 0.412. The molecule has 0 aliphatic rings. The van der Waals surface area contributed by atoms with Gasteiger partial charge < -0.3 is 11.1 Å². The summed E-state index contributed by atoms with van der Waals surface area (Å²) in [5, 5.41) is 5.73. The minimum Gasteiger partial charge on any atom is -0.344 e. The van der Waals surface area contributed by atoms with Crippen molar-refractivity contribution in [3.05, 3.63) is 40.9 Å². The van der Waals surface area contributed by atoms with Crippen molar-refractivity contribution in [2.24, 2.45) is 5.73 Å². The van der Waals surface area contributed by atoms with E-state index in [0.29, 0.717) is 12.2 Å². The lowest BCUT2D eigenvalue weighted by atomic mass is 9.93. The van der Waals surface area contributed by atoms with E-state index in [0.717, 1.165) is 29.0 Å². The molecule has 118 valence electrons. The SMILES string of the molecule is CCC(CC)(CN)NC(=O)c1csc(-c2ccccc2C)n1. The third kappa shape index (κ3) is 3.36. The van der Waals surface area contributed by atoms with Crippen molar-refractivity contribution in [2.45, 2.75) is 39.2 Å². The third-order valence-corrected chi connectivity index (χ3v) is 5.11. The van der Waals surface area contributed by atoms with Gasteiger partial charge in [-0.25, -0.2) is 4.98 Å². The molecule has 1 amide bonds. The minimum atomic E-state index is -0.344. The molecule has 0 fully saturated rings. The number of hydrogen-bond donors (Lipinski definition) is 2. The molecule has 1 aromatic carbocycles. The number of amides is 1. The van der Waals surface area contributed by atoms with E-state index in [9.17, 15) is 4.79 Å². The van der Waals surface area contributed by atoms with Gasteiger partial charge in [-0.15, -0.1) is 11.3 Å². The number of nitrogens with zero attached hydrogens (tertiary/aromatic N) is 1. The number of hydrogen-bond acceptors (Lipinski definition) is 4. The number of aromatic nitrogens is 1. The number of nitrogens with two attached hydrogens (primary N) is 1. The van der Waals surface area contributed by atoms with Crippen molar-refractivity contribution in [2.75, 3.05) is 6.54 Å². The molecule has 0 saturated heterocycles. The van der Waals surface area contributed by atoms with E-state index in [4.69, 9.17) is 5.73 Å². The highest BCUT2D eigenvalue weighted by molar-refractivity contribution is 7.13. The van der Waals surface area contributed by atoms with E-state index in [1.54, 1.807) is 0 Å². The van der Waals surface area contributed by atoms with Crippen LogP contribution in [0.4, 0.5) is 0 Å². The third-order valence-electron chi connectivity index (χ3n) is 4.24. The van der Waals surface area contributed by atoms with Crippen molar-refractivity contribution in [1.82, 2.24) is 10.3 Å². The largest absolute Gasteiger partial charge is 0.344 e. The van der Waals surface area contributed by atoms with Crippen molar-refractivity contribution < 1.29 is 4.79 Å². The zero-order valence-corrected chi connectivity index (χ0v) is 14.2. The predicted octanol–water partition coefficient (Wildman–Crippen LogP) is 3.37. The maximum atomic E-state index is 12.4. The van der Waals surface area contributed by atoms with Crippen LogP contribution in [0, 0.1) is 6.92 Å². The fourth-order valence-electron chi connectivity index (χ4n) is 2.39. The van der Waals surface area contributed by atoms with Crippen molar-refractivity contribution in [1.29, 1.82) is 0 Å². The van der Waals surface area contributed by atoms with Gasteiger partial charge in [0, 0.05) is 17.5 Å². The summed E-state index contributed by atoms with van der Waals surface area (Å²) in [6, 6.07) is 8.05. The fourth-order valence-corrected chi connectivity index (χ4v) is 3.28. The second-order valence-electron chi connectivity index (χ2n) is 5.50. The Morgan fingerprint density at radius 2 is 2.00 bits per heavy atom. The van der Waals surface area contributed by atoms with Gasteiger partial charge in [-0.2, -0.15) is 0 Å².